The first kappa shape index (κ1) is 12.7. The van der Waals surface area contributed by atoms with E-state index in [9.17, 15) is 13.2 Å². The van der Waals surface area contributed by atoms with Crippen molar-refractivity contribution in [2.75, 3.05) is 0 Å². The van der Waals surface area contributed by atoms with Gasteiger partial charge in [0.2, 0.25) is 5.91 Å². The Hall–Kier alpha value is -1.40. The van der Waals surface area contributed by atoms with Gasteiger partial charge < -0.3 is 5.73 Å². The normalized spacial score (nSPS) is 13.2. The number of sulfonamides is 1. The lowest BCUT2D eigenvalue weighted by molar-refractivity contribution is -0.120. The molecule has 0 saturated carbocycles. The number of nitrogens with one attached hydrogen (secondary N) is 1. The average molecular weight is 242 g/mol. The molecule has 1 aromatic carbocycles. The number of rotatable bonds is 3. The topological polar surface area (TPSA) is 89.3 Å². The van der Waals surface area contributed by atoms with Crippen LogP contribution in [0.3, 0.4) is 0 Å². The van der Waals surface area contributed by atoms with Crippen molar-refractivity contribution in [3.05, 3.63) is 29.8 Å². The van der Waals surface area contributed by atoms with E-state index in [0.29, 0.717) is 0 Å². The summed E-state index contributed by atoms with van der Waals surface area (Å²) in [5.74, 6) is -0.722. The van der Waals surface area contributed by atoms with Crippen LogP contribution in [0.1, 0.15) is 12.5 Å². The molecule has 0 aliphatic heterocycles. The Kier molecular flexibility index (Phi) is 3.66. The monoisotopic (exact) mass is 242 g/mol. The number of amides is 1. The molecule has 1 atom stereocenters. The number of aryl methyl sites for hydroxylation is 1. The van der Waals surface area contributed by atoms with E-state index in [1.165, 1.54) is 19.1 Å². The van der Waals surface area contributed by atoms with E-state index in [1.807, 2.05) is 11.6 Å². The molecule has 16 heavy (non-hydrogen) atoms. The Bertz CT molecular complexity index is 477. The largest absolute Gasteiger partial charge is 0.320 e. The molecule has 0 aliphatic rings. The van der Waals surface area contributed by atoms with Gasteiger partial charge >= 0.3 is 0 Å². The van der Waals surface area contributed by atoms with E-state index in [4.69, 9.17) is 5.73 Å². The zero-order chi connectivity index (χ0) is 12.3. The van der Waals surface area contributed by atoms with Crippen LogP contribution in [0.4, 0.5) is 0 Å². The van der Waals surface area contributed by atoms with Gasteiger partial charge in [-0.1, -0.05) is 17.7 Å². The Morgan fingerprint density at radius 2 is 1.81 bits per heavy atom. The lowest BCUT2D eigenvalue weighted by Gasteiger charge is -2.08. The van der Waals surface area contributed by atoms with Gasteiger partial charge in [0.1, 0.15) is 0 Å². The molecule has 0 fully saturated rings. The van der Waals surface area contributed by atoms with Gasteiger partial charge in [0.15, 0.2) is 0 Å². The van der Waals surface area contributed by atoms with Crippen molar-refractivity contribution in [1.29, 1.82) is 0 Å². The highest BCUT2D eigenvalue weighted by Gasteiger charge is 2.19. The third kappa shape index (κ3) is 3.04. The smallest absolute Gasteiger partial charge is 0.264 e. The fraction of sp³-hybridized carbons (Fsp3) is 0.300. The van der Waals surface area contributed by atoms with Crippen molar-refractivity contribution in [3.8, 4) is 0 Å². The summed E-state index contributed by atoms with van der Waals surface area (Å²) in [4.78, 5) is 11.2. The molecule has 1 aromatic rings. The summed E-state index contributed by atoms with van der Waals surface area (Å²) in [6.07, 6.45) is 0. The zero-order valence-electron chi connectivity index (χ0n) is 9.10. The van der Waals surface area contributed by atoms with Crippen LogP contribution in [0.2, 0.25) is 0 Å². The van der Waals surface area contributed by atoms with Crippen LogP contribution < -0.4 is 10.5 Å². The fourth-order valence-corrected chi connectivity index (χ4v) is 2.06. The van der Waals surface area contributed by atoms with Crippen molar-refractivity contribution in [2.45, 2.75) is 24.8 Å². The summed E-state index contributed by atoms with van der Waals surface area (Å²) in [6.45, 7) is 3.26. The van der Waals surface area contributed by atoms with Gasteiger partial charge in [0, 0.05) is 0 Å². The van der Waals surface area contributed by atoms with Crippen LogP contribution in [0.15, 0.2) is 29.2 Å². The number of benzene rings is 1. The molecule has 1 amide bonds. The average Bonchev–Trinajstić information content (AvgIpc) is 2.17. The Labute approximate surface area is 94.7 Å². The maximum absolute atomic E-state index is 11.7. The molecule has 0 unspecified atom stereocenters. The van der Waals surface area contributed by atoms with Crippen molar-refractivity contribution < 1.29 is 13.2 Å². The minimum atomic E-state index is -3.80. The van der Waals surface area contributed by atoms with Crippen LogP contribution in [0, 0.1) is 6.92 Å². The SMILES string of the molecule is Cc1ccc(S(=O)(=O)NC(=O)[C@H](C)N)cc1. The van der Waals surface area contributed by atoms with E-state index in [1.54, 1.807) is 12.1 Å². The predicted octanol–water partition coefficient (Wildman–Crippen LogP) is 0.147. The Balaban J connectivity index is 2.95. The maximum atomic E-state index is 11.7. The van der Waals surface area contributed by atoms with E-state index in [-0.39, 0.29) is 4.90 Å². The third-order valence-corrected chi connectivity index (χ3v) is 3.34. The summed E-state index contributed by atoms with van der Waals surface area (Å²) in [7, 11) is -3.80. The number of carbonyl (C=O) groups excluding carboxylic acids is 1. The van der Waals surface area contributed by atoms with Gasteiger partial charge in [-0.05, 0) is 26.0 Å². The highest BCUT2D eigenvalue weighted by Crippen LogP contribution is 2.09. The quantitative estimate of drug-likeness (QED) is 0.789. The summed E-state index contributed by atoms with van der Waals surface area (Å²) < 4.78 is 25.2. The maximum Gasteiger partial charge on any atom is 0.264 e. The molecule has 0 aromatic heterocycles. The van der Waals surface area contributed by atoms with Crippen LogP contribution in [-0.4, -0.2) is 20.4 Å². The van der Waals surface area contributed by atoms with Gasteiger partial charge in [-0.15, -0.1) is 0 Å². The van der Waals surface area contributed by atoms with Crippen molar-refractivity contribution >= 4 is 15.9 Å². The molecule has 0 saturated heterocycles. The van der Waals surface area contributed by atoms with E-state index >= 15 is 0 Å². The highest BCUT2D eigenvalue weighted by atomic mass is 32.2. The first-order valence-corrected chi connectivity index (χ1v) is 6.20. The highest BCUT2D eigenvalue weighted by molar-refractivity contribution is 7.90. The number of hydrogen-bond acceptors (Lipinski definition) is 4. The minimum absolute atomic E-state index is 0.0482. The van der Waals surface area contributed by atoms with Gasteiger partial charge in [-0.25, -0.2) is 13.1 Å². The van der Waals surface area contributed by atoms with Gasteiger partial charge in [0.25, 0.3) is 10.0 Å². The van der Waals surface area contributed by atoms with E-state index in [2.05, 4.69) is 0 Å². The van der Waals surface area contributed by atoms with Crippen molar-refractivity contribution in [1.82, 2.24) is 4.72 Å². The van der Waals surface area contributed by atoms with Gasteiger partial charge in [-0.2, -0.15) is 0 Å². The van der Waals surface area contributed by atoms with Crippen LogP contribution in [0.5, 0.6) is 0 Å². The van der Waals surface area contributed by atoms with E-state index < -0.39 is 22.0 Å². The van der Waals surface area contributed by atoms with Crippen LogP contribution in [0.25, 0.3) is 0 Å². The molecule has 1 rings (SSSR count). The molecule has 0 heterocycles. The molecule has 3 N–H and O–H groups in total. The molecule has 88 valence electrons. The minimum Gasteiger partial charge on any atom is -0.320 e. The Morgan fingerprint density at radius 1 is 1.31 bits per heavy atom. The molecular formula is C10H14N2O3S. The second-order valence-corrected chi connectivity index (χ2v) is 5.25. The number of nitrogens with two attached hydrogens (primary N) is 1. The van der Waals surface area contributed by atoms with Gasteiger partial charge in [0.05, 0.1) is 10.9 Å². The lowest BCUT2D eigenvalue weighted by Crippen LogP contribution is -2.41. The number of carbonyl (C=O) groups is 1. The standard InChI is InChI=1S/C10H14N2O3S/c1-7-3-5-9(6-4-7)16(14,15)12-10(13)8(2)11/h3-6,8H,11H2,1-2H3,(H,12,13)/t8-/m0/s1. The van der Waals surface area contributed by atoms with Crippen LogP contribution in [-0.2, 0) is 14.8 Å². The Morgan fingerprint density at radius 3 is 2.25 bits per heavy atom. The summed E-state index contributed by atoms with van der Waals surface area (Å²) in [6, 6.07) is 5.33. The first-order valence-electron chi connectivity index (χ1n) is 4.72. The summed E-state index contributed by atoms with van der Waals surface area (Å²) in [5, 5.41) is 0. The number of hydrogen-bond donors (Lipinski definition) is 2. The molecule has 0 radical (unpaired) electrons. The molecule has 5 nitrogen and oxygen atoms in total. The molecule has 0 aliphatic carbocycles. The second-order valence-electron chi connectivity index (χ2n) is 3.57. The second kappa shape index (κ2) is 4.63. The summed E-state index contributed by atoms with van der Waals surface area (Å²) >= 11 is 0. The molecule has 6 heteroatoms. The molecular weight excluding hydrogens is 228 g/mol. The van der Waals surface area contributed by atoms with Gasteiger partial charge in [-0.3, -0.25) is 4.79 Å². The molecule has 0 spiro atoms. The fourth-order valence-electron chi connectivity index (χ4n) is 1.00. The van der Waals surface area contributed by atoms with E-state index in [0.717, 1.165) is 5.56 Å². The van der Waals surface area contributed by atoms with Crippen molar-refractivity contribution in [3.63, 3.8) is 0 Å². The third-order valence-electron chi connectivity index (χ3n) is 1.98. The molecule has 0 bridgehead atoms. The van der Waals surface area contributed by atoms with Crippen molar-refractivity contribution in [2.24, 2.45) is 5.73 Å². The van der Waals surface area contributed by atoms with Crippen LogP contribution >= 0.6 is 0 Å². The zero-order valence-corrected chi connectivity index (χ0v) is 9.91. The lowest BCUT2D eigenvalue weighted by atomic mass is 10.2. The summed E-state index contributed by atoms with van der Waals surface area (Å²) in [5.41, 5.74) is 6.21. The first-order chi connectivity index (χ1) is 7.33. The predicted molar refractivity (Wildman–Crippen MR) is 60.2 cm³/mol.